The number of carbonyl (C=O) groups excluding carboxylic acids is 4. The molecular formula is C23H33N3O6. The molecule has 9 nitrogen and oxygen atoms in total. The van der Waals surface area contributed by atoms with E-state index in [2.05, 4.69) is 10.6 Å². The maximum absolute atomic E-state index is 12.5. The van der Waals surface area contributed by atoms with Gasteiger partial charge in [-0.25, -0.2) is 4.79 Å². The summed E-state index contributed by atoms with van der Waals surface area (Å²) in [5.41, 5.74) is 6.43. The van der Waals surface area contributed by atoms with E-state index < -0.39 is 36.0 Å². The van der Waals surface area contributed by atoms with Gasteiger partial charge in [0.05, 0.1) is 6.04 Å². The number of rotatable bonds is 12. The van der Waals surface area contributed by atoms with Crippen molar-refractivity contribution in [2.24, 2.45) is 17.6 Å². The average Bonchev–Trinajstić information content (AvgIpc) is 2.77. The Balaban J connectivity index is 1.83. The zero-order chi connectivity index (χ0) is 23.7. The van der Waals surface area contributed by atoms with Gasteiger partial charge in [0.25, 0.3) is 5.91 Å². The zero-order valence-corrected chi connectivity index (χ0v) is 18.8. The monoisotopic (exact) mass is 447 g/mol. The maximum Gasteiger partial charge on any atom is 0.328 e. The Labute approximate surface area is 188 Å². The fourth-order valence-corrected chi connectivity index (χ4v) is 3.33. The van der Waals surface area contributed by atoms with Crippen LogP contribution in [0.5, 0.6) is 0 Å². The lowest BCUT2D eigenvalue weighted by Crippen LogP contribution is -2.56. The summed E-state index contributed by atoms with van der Waals surface area (Å²) < 4.78 is 10.3. The lowest BCUT2D eigenvalue weighted by molar-refractivity contribution is -0.193. The second-order valence-corrected chi connectivity index (χ2v) is 8.15. The Bertz CT molecular complexity index is 798. The zero-order valence-electron chi connectivity index (χ0n) is 18.8. The number of hydrogen-bond donors (Lipinski definition) is 3. The van der Waals surface area contributed by atoms with Crippen molar-refractivity contribution in [3.8, 4) is 0 Å². The normalized spacial score (nSPS) is 20.2. The largest absolute Gasteiger partial charge is 0.459 e. The molecule has 1 aliphatic rings. The number of carbonyl (C=O) groups is 4. The predicted octanol–water partition coefficient (Wildman–Crippen LogP) is 1.05. The topological polar surface area (TPSA) is 137 Å². The molecule has 1 saturated heterocycles. The summed E-state index contributed by atoms with van der Waals surface area (Å²) >= 11 is 0. The number of ether oxygens (including phenoxy) is 2. The van der Waals surface area contributed by atoms with Crippen molar-refractivity contribution in [2.75, 3.05) is 6.54 Å². The first kappa shape index (κ1) is 25.3. The van der Waals surface area contributed by atoms with Gasteiger partial charge in [-0.3, -0.25) is 14.4 Å². The molecule has 1 heterocycles. The first-order valence-electron chi connectivity index (χ1n) is 11.0. The van der Waals surface area contributed by atoms with Gasteiger partial charge in [-0.05, 0) is 31.2 Å². The number of nitrogens with two attached hydrogens (primary N) is 1. The van der Waals surface area contributed by atoms with Crippen molar-refractivity contribution in [3.05, 3.63) is 35.9 Å². The molecule has 4 N–H and O–H groups in total. The van der Waals surface area contributed by atoms with Gasteiger partial charge in [-0.15, -0.1) is 0 Å². The lowest BCUT2D eigenvalue weighted by Gasteiger charge is -2.37. The maximum atomic E-state index is 12.5. The molecule has 5 atom stereocenters. The molecule has 0 radical (unpaired) electrons. The fourth-order valence-electron chi connectivity index (χ4n) is 3.33. The van der Waals surface area contributed by atoms with Crippen molar-refractivity contribution < 1.29 is 28.7 Å². The summed E-state index contributed by atoms with van der Waals surface area (Å²) in [6, 6.07) is 7.55. The molecule has 0 aromatic heterocycles. The number of hydrogen-bond acceptors (Lipinski definition) is 7. The first-order chi connectivity index (χ1) is 15.2. The molecule has 2 amide bonds. The molecule has 0 saturated carbocycles. The van der Waals surface area contributed by atoms with Crippen molar-refractivity contribution in [3.63, 3.8) is 0 Å². The van der Waals surface area contributed by atoms with E-state index in [9.17, 15) is 19.2 Å². The molecule has 1 unspecified atom stereocenters. The molecule has 1 fully saturated rings. The minimum absolute atomic E-state index is 0.0595. The fraction of sp³-hybridized carbons (Fsp3) is 0.565. The van der Waals surface area contributed by atoms with Crippen LogP contribution in [0.3, 0.4) is 0 Å². The van der Waals surface area contributed by atoms with E-state index in [0.29, 0.717) is 6.42 Å². The number of esters is 2. The molecule has 32 heavy (non-hydrogen) atoms. The minimum atomic E-state index is -0.886. The van der Waals surface area contributed by atoms with E-state index in [1.807, 2.05) is 44.2 Å². The van der Waals surface area contributed by atoms with E-state index in [-0.39, 0.29) is 37.4 Å². The van der Waals surface area contributed by atoms with Crippen LogP contribution in [0.4, 0.5) is 0 Å². The van der Waals surface area contributed by atoms with Gasteiger partial charge >= 0.3 is 11.9 Å². The van der Waals surface area contributed by atoms with Crippen LogP contribution in [-0.4, -0.2) is 48.5 Å². The number of nitrogens with one attached hydrogen (secondary N) is 2. The highest BCUT2D eigenvalue weighted by Gasteiger charge is 2.49. The van der Waals surface area contributed by atoms with Crippen molar-refractivity contribution in [2.45, 2.75) is 64.8 Å². The Morgan fingerprint density at radius 3 is 2.47 bits per heavy atom. The van der Waals surface area contributed by atoms with Gasteiger partial charge in [-0.1, -0.05) is 50.6 Å². The molecular weight excluding hydrogens is 414 g/mol. The molecule has 1 aromatic rings. The van der Waals surface area contributed by atoms with Crippen molar-refractivity contribution >= 4 is 23.8 Å². The van der Waals surface area contributed by atoms with Crippen LogP contribution < -0.4 is 16.4 Å². The molecule has 0 spiro atoms. The van der Waals surface area contributed by atoms with Crippen LogP contribution in [0, 0.1) is 11.8 Å². The van der Waals surface area contributed by atoms with Gasteiger partial charge in [0.2, 0.25) is 5.91 Å². The molecule has 1 aromatic carbocycles. The highest BCUT2D eigenvalue weighted by atomic mass is 16.6. The van der Waals surface area contributed by atoms with Crippen molar-refractivity contribution in [1.82, 2.24) is 10.6 Å². The second-order valence-electron chi connectivity index (χ2n) is 8.15. The van der Waals surface area contributed by atoms with Crippen LogP contribution in [0.1, 0.15) is 45.6 Å². The Morgan fingerprint density at radius 1 is 1.19 bits per heavy atom. The quantitative estimate of drug-likeness (QED) is 0.322. The third-order valence-electron chi connectivity index (χ3n) is 5.56. The minimum Gasteiger partial charge on any atom is -0.459 e. The van der Waals surface area contributed by atoms with Crippen molar-refractivity contribution in [1.29, 1.82) is 0 Å². The van der Waals surface area contributed by atoms with Crippen LogP contribution in [0.15, 0.2) is 30.3 Å². The third-order valence-corrected chi connectivity index (χ3v) is 5.56. The standard InChI is InChI=1S/C23H33N3O6/c1-4-14(2)18-19(32-23(18)30)21(28)25-12-8-11-17(26-20(27)15(3)24)22(29)31-13-16-9-6-5-7-10-16/h5-7,9-10,14-15,17-19H,4,8,11-13,24H2,1-3H3,(H,25,28)(H,26,27)/t14-,15-,17-,18?,19-/m0/s1. The highest BCUT2D eigenvalue weighted by Crippen LogP contribution is 2.31. The molecule has 176 valence electrons. The van der Waals surface area contributed by atoms with Crippen LogP contribution in [0.25, 0.3) is 0 Å². The van der Waals surface area contributed by atoms with Gasteiger partial charge in [0.15, 0.2) is 6.10 Å². The Morgan fingerprint density at radius 2 is 1.88 bits per heavy atom. The second kappa shape index (κ2) is 12.2. The predicted molar refractivity (Wildman–Crippen MR) is 117 cm³/mol. The third kappa shape index (κ3) is 7.05. The summed E-state index contributed by atoms with van der Waals surface area (Å²) in [5.74, 6) is -2.10. The summed E-state index contributed by atoms with van der Waals surface area (Å²) in [6.07, 6.45) is 0.660. The van der Waals surface area contributed by atoms with Gasteiger partial charge < -0.3 is 25.8 Å². The first-order valence-corrected chi connectivity index (χ1v) is 11.0. The van der Waals surface area contributed by atoms with E-state index in [0.717, 1.165) is 12.0 Å². The number of benzene rings is 1. The smallest absolute Gasteiger partial charge is 0.328 e. The van der Waals surface area contributed by atoms with E-state index in [4.69, 9.17) is 15.2 Å². The summed E-state index contributed by atoms with van der Waals surface area (Å²) in [5, 5.41) is 5.34. The van der Waals surface area contributed by atoms with E-state index in [1.54, 1.807) is 0 Å². The van der Waals surface area contributed by atoms with E-state index in [1.165, 1.54) is 6.92 Å². The number of amides is 2. The molecule has 0 bridgehead atoms. The summed E-state index contributed by atoms with van der Waals surface area (Å²) in [4.78, 5) is 48.5. The van der Waals surface area contributed by atoms with Crippen LogP contribution in [-0.2, 0) is 35.3 Å². The number of cyclic esters (lactones) is 1. The molecule has 2 rings (SSSR count). The average molecular weight is 448 g/mol. The Kier molecular flexibility index (Phi) is 9.64. The summed E-state index contributed by atoms with van der Waals surface area (Å²) in [7, 11) is 0. The molecule has 1 aliphatic heterocycles. The van der Waals surface area contributed by atoms with Crippen LogP contribution in [0.2, 0.25) is 0 Å². The summed E-state index contributed by atoms with van der Waals surface area (Å²) in [6.45, 7) is 5.74. The van der Waals surface area contributed by atoms with E-state index >= 15 is 0 Å². The SMILES string of the molecule is CC[C@H](C)C1C(=O)O[C@@H]1C(=O)NCCC[C@H](NC(=O)[C@H](C)N)C(=O)OCc1ccccc1. The van der Waals surface area contributed by atoms with Gasteiger partial charge in [-0.2, -0.15) is 0 Å². The van der Waals surface area contributed by atoms with Gasteiger partial charge in [0.1, 0.15) is 18.6 Å². The lowest BCUT2D eigenvalue weighted by atomic mass is 9.83. The van der Waals surface area contributed by atoms with Crippen LogP contribution >= 0.6 is 0 Å². The van der Waals surface area contributed by atoms with Gasteiger partial charge in [0, 0.05) is 6.54 Å². The molecule has 9 heteroatoms. The molecule has 0 aliphatic carbocycles. The highest BCUT2D eigenvalue weighted by molar-refractivity contribution is 5.94. The Hall–Kier alpha value is -2.94.